The van der Waals surface area contributed by atoms with E-state index in [0.717, 1.165) is 19.3 Å². The lowest BCUT2D eigenvalue weighted by Gasteiger charge is -2.06. The van der Waals surface area contributed by atoms with Crippen molar-refractivity contribution in [3.05, 3.63) is 0 Å². The summed E-state index contributed by atoms with van der Waals surface area (Å²) in [6.07, 6.45) is 7.74. The Hall–Kier alpha value is -1.10. The highest BCUT2D eigenvalue weighted by atomic mass is 16.5. The zero-order chi connectivity index (χ0) is 15.1. The third kappa shape index (κ3) is 12.0. The minimum atomic E-state index is -0.549. The normalized spacial score (nSPS) is 10.3. The van der Waals surface area contributed by atoms with E-state index in [-0.39, 0.29) is 0 Å². The Morgan fingerprint density at radius 2 is 1.35 bits per heavy atom. The van der Waals surface area contributed by atoms with Crippen LogP contribution >= 0.6 is 0 Å². The predicted octanol–water partition coefficient (Wildman–Crippen LogP) is 2.01. The summed E-state index contributed by atoms with van der Waals surface area (Å²) < 4.78 is 5.14. The van der Waals surface area contributed by atoms with Crippen LogP contribution in [0.2, 0.25) is 0 Å². The van der Waals surface area contributed by atoms with Crippen LogP contribution in [0.15, 0.2) is 0 Å². The van der Waals surface area contributed by atoms with Gasteiger partial charge in [0.1, 0.15) is 0 Å². The zero-order valence-corrected chi connectivity index (χ0v) is 13.0. The third-order valence-corrected chi connectivity index (χ3v) is 2.98. The number of unbranched alkanes of at least 4 members (excludes halogenated alkanes) is 5. The predicted molar refractivity (Wildman–Crippen MR) is 80.5 cm³/mol. The molecular weight excluding hydrogens is 256 g/mol. The molecular formula is C15H30N2O3. The first-order valence-corrected chi connectivity index (χ1v) is 7.86. The molecule has 118 valence electrons. The summed E-state index contributed by atoms with van der Waals surface area (Å²) in [5.41, 5.74) is 0. The first-order valence-electron chi connectivity index (χ1n) is 7.86. The molecule has 0 aromatic rings. The lowest BCUT2D eigenvalue weighted by atomic mass is 10.1. The standard InChI is InChI=1S/C15H30N2O3/c1-3-5-6-7-8-9-11-16-14(18)15(19)17-12-10-13-20-4-2/h3-13H2,1-2H3,(H,16,18)(H,17,19). The van der Waals surface area contributed by atoms with Crippen molar-refractivity contribution in [2.24, 2.45) is 0 Å². The fourth-order valence-corrected chi connectivity index (χ4v) is 1.79. The molecule has 0 spiro atoms. The van der Waals surface area contributed by atoms with Gasteiger partial charge in [0.05, 0.1) is 0 Å². The zero-order valence-electron chi connectivity index (χ0n) is 13.0. The summed E-state index contributed by atoms with van der Waals surface area (Å²) >= 11 is 0. The summed E-state index contributed by atoms with van der Waals surface area (Å²) in [4.78, 5) is 22.9. The van der Waals surface area contributed by atoms with Gasteiger partial charge in [0.25, 0.3) is 0 Å². The van der Waals surface area contributed by atoms with Crippen molar-refractivity contribution in [2.75, 3.05) is 26.3 Å². The van der Waals surface area contributed by atoms with Crippen molar-refractivity contribution in [1.82, 2.24) is 10.6 Å². The Balaban J connectivity index is 3.39. The van der Waals surface area contributed by atoms with Crippen LogP contribution in [0.1, 0.15) is 58.8 Å². The van der Waals surface area contributed by atoms with E-state index in [1.807, 2.05) is 6.92 Å². The number of rotatable bonds is 12. The van der Waals surface area contributed by atoms with E-state index in [9.17, 15) is 9.59 Å². The Morgan fingerprint density at radius 1 is 0.800 bits per heavy atom. The molecule has 0 rings (SSSR count). The van der Waals surface area contributed by atoms with Crippen molar-refractivity contribution < 1.29 is 14.3 Å². The fraction of sp³-hybridized carbons (Fsp3) is 0.867. The number of carbonyl (C=O) groups excluding carboxylic acids is 2. The Bertz CT molecular complexity index is 258. The molecule has 0 saturated heterocycles. The van der Waals surface area contributed by atoms with Crippen LogP contribution in [-0.4, -0.2) is 38.1 Å². The highest BCUT2D eigenvalue weighted by Gasteiger charge is 2.11. The number of amides is 2. The van der Waals surface area contributed by atoms with Crippen molar-refractivity contribution in [2.45, 2.75) is 58.8 Å². The summed E-state index contributed by atoms with van der Waals surface area (Å²) in [6.45, 7) is 6.45. The van der Waals surface area contributed by atoms with Crippen molar-refractivity contribution in [3.63, 3.8) is 0 Å². The maximum atomic E-state index is 11.4. The molecule has 20 heavy (non-hydrogen) atoms. The summed E-state index contributed by atoms with van der Waals surface area (Å²) in [5.74, 6) is -1.08. The van der Waals surface area contributed by atoms with Gasteiger partial charge in [0.2, 0.25) is 0 Å². The van der Waals surface area contributed by atoms with Crippen molar-refractivity contribution in [1.29, 1.82) is 0 Å². The van der Waals surface area contributed by atoms with E-state index < -0.39 is 11.8 Å². The molecule has 0 fully saturated rings. The van der Waals surface area contributed by atoms with Gasteiger partial charge in [-0.15, -0.1) is 0 Å². The monoisotopic (exact) mass is 286 g/mol. The van der Waals surface area contributed by atoms with Crippen LogP contribution in [0.4, 0.5) is 0 Å². The van der Waals surface area contributed by atoms with E-state index in [1.54, 1.807) is 0 Å². The molecule has 5 nitrogen and oxygen atoms in total. The summed E-state index contributed by atoms with van der Waals surface area (Å²) in [6, 6.07) is 0. The van der Waals surface area contributed by atoms with Gasteiger partial charge in [-0.25, -0.2) is 0 Å². The van der Waals surface area contributed by atoms with Gasteiger partial charge in [-0.1, -0.05) is 39.0 Å². The Kier molecular flexibility index (Phi) is 13.5. The van der Waals surface area contributed by atoms with E-state index in [2.05, 4.69) is 17.6 Å². The van der Waals surface area contributed by atoms with Gasteiger partial charge in [0, 0.05) is 26.3 Å². The first kappa shape index (κ1) is 18.9. The molecule has 2 N–H and O–H groups in total. The number of hydrogen-bond acceptors (Lipinski definition) is 3. The van der Waals surface area contributed by atoms with Gasteiger partial charge >= 0.3 is 11.8 Å². The van der Waals surface area contributed by atoms with Crippen LogP contribution in [0.5, 0.6) is 0 Å². The Labute approximate surface area is 122 Å². The second-order valence-electron chi connectivity index (χ2n) is 4.83. The number of nitrogens with one attached hydrogen (secondary N) is 2. The molecule has 0 bridgehead atoms. The molecule has 5 heteroatoms. The highest BCUT2D eigenvalue weighted by molar-refractivity contribution is 6.35. The lowest BCUT2D eigenvalue weighted by Crippen LogP contribution is -2.40. The molecule has 0 aliphatic rings. The molecule has 0 heterocycles. The molecule has 0 aliphatic heterocycles. The highest BCUT2D eigenvalue weighted by Crippen LogP contribution is 2.03. The second kappa shape index (κ2) is 14.3. The van der Waals surface area contributed by atoms with Gasteiger partial charge < -0.3 is 15.4 Å². The smallest absolute Gasteiger partial charge is 0.309 e. The largest absolute Gasteiger partial charge is 0.382 e. The minimum absolute atomic E-state index is 0.475. The molecule has 0 atom stereocenters. The molecule has 0 radical (unpaired) electrons. The summed E-state index contributed by atoms with van der Waals surface area (Å²) in [5, 5.41) is 5.22. The molecule has 2 amide bonds. The average Bonchev–Trinajstić information content (AvgIpc) is 2.45. The number of carbonyl (C=O) groups is 2. The van der Waals surface area contributed by atoms with E-state index in [4.69, 9.17) is 4.74 Å². The van der Waals surface area contributed by atoms with Gasteiger partial charge in [-0.05, 0) is 19.8 Å². The van der Waals surface area contributed by atoms with Gasteiger partial charge in [0.15, 0.2) is 0 Å². The number of hydrogen-bond donors (Lipinski definition) is 2. The third-order valence-electron chi connectivity index (χ3n) is 2.98. The minimum Gasteiger partial charge on any atom is -0.382 e. The quantitative estimate of drug-likeness (QED) is 0.426. The lowest BCUT2D eigenvalue weighted by molar-refractivity contribution is -0.139. The van der Waals surface area contributed by atoms with E-state index >= 15 is 0 Å². The van der Waals surface area contributed by atoms with Crippen LogP contribution in [0, 0.1) is 0 Å². The van der Waals surface area contributed by atoms with Crippen LogP contribution in [0.3, 0.4) is 0 Å². The fourth-order valence-electron chi connectivity index (χ4n) is 1.79. The van der Waals surface area contributed by atoms with Crippen molar-refractivity contribution in [3.8, 4) is 0 Å². The van der Waals surface area contributed by atoms with Crippen LogP contribution in [0.25, 0.3) is 0 Å². The van der Waals surface area contributed by atoms with Crippen LogP contribution < -0.4 is 10.6 Å². The van der Waals surface area contributed by atoms with Crippen molar-refractivity contribution >= 4 is 11.8 Å². The maximum Gasteiger partial charge on any atom is 0.309 e. The first-order chi connectivity index (χ1) is 9.72. The second-order valence-corrected chi connectivity index (χ2v) is 4.83. The molecule has 0 aromatic heterocycles. The Morgan fingerprint density at radius 3 is 1.95 bits per heavy atom. The molecule has 0 aromatic carbocycles. The van der Waals surface area contributed by atoms with E-state index in [1.165, 1.54) is 25.7 Å². The molecule has 0 unspecified atom stereocenters. The van der Waals surface area contributed by atoms with Gasteiger partial charge in [-0.2, -0.15) is 0 Å². The molecule has 0 aliphatic carbocycles. The summed E-state index contributed by atoms with van der Waals surface area (Å²) in [7, 11) is 0. The van der Waals surface area contributed by atoms with E-state index in [0.29, 0.717) is 26.3 Å². The number of ether oxygens (including phenoxy) is 1. The topological polar surface area (TPSA) is 67.4 Å². The maximum absolute atomic E-state index is 11.4. The molecule has 0 saturated carbocycles. The average molecular weight is 286 g/mol. The SMILES string of the molecule is CCCCCCCCNC(=O)C(=O)NCCCOCC. The van der Waals surface area contributed by atoms with Gasteiger partial charge in [-0.3, -0.25) is 9.59 Å². The van der Waals surface area contributed by atoms with Crippen LogP contribution in [-0.2, 0) is 14.3 Å².